The molecule has 0 aromatic heterocycles. The van der Waals surface area contributed by atoms with E-state index in [1.54, 1.807) is 36.4 Å². The predicted molar refractivity (Wildman–Crippen MR) is 159 cm³/mol. The molecule has 1 unspecified atom stereocenters. The van der Waals surface area contributed by atoms with E-state index < -0.39 is 33.3 Å². The lowest BCUT2D eigenvalue weighted by Gasteiger charge is -2.44. The van der Waals surface area contributed by atoms with Crippen molar-refractivity contribution in [1.29, 1.82) is 0 Å². The highest BCUT2D eigenvalue weighted by molar-refractivity contribution is 7.90. The van der Waals surface area contributed by atoms with E-state index in [0.29, 0.717) is 60.2 Å². The number of carbonyl (C=O) groups is 2. The van der Waals surface area contributed by atoms with E-state index in [4.69, 9.17) is 27.9 Å². The van der Waals surface area contributed by atoms with Crippen molar-refractivity contribution in [1.82, 2.24) is 10.2 Å². The van der Waals surface area contributed by atoms with Gasteiger partial charge in [-0.1, -0.05) is 41.4 Å². The van der Waals surface area contributed by atoms with Crippen LogP contribution in [0.5, 0.6) is 0 Å². The summed E-state index contributed by atoms with van der Waals surface area (Å²) in [6.45, 7) is 1.99. The molecule has 3 aromatic carbocycles. The molecule has 8 nitrogen and oxygen atoms in total. The number of carbonyl (C=O) groups excluding carboxylic acids is 2. The van der Waals surface area contributed by atoms with Gasteiger partial charge in [0.2, 0.25) is 5.91 Å². The van der Waals surface area contributed by atoms with Crippen LogP contribution in [0, 0.1) is 5.82 Å². The first-order valence-electron chi connectivity index (χ1n) is 13.5. The Balaban J connectivity index is 1.26. The number of benzene rings is 3. The minimum Gasteiger partial charge on any atom is -0.438 e. The predicted octanol–water partition coefficient (Wildman–Crippen LogP) is 5.88. The lowest BCUT2D eigenvalue weighted by atomic mass is 9.82. The Kier molecular flexibility index (Phi) is 8.80. The summed E-state index contributed by atoms with van der Waals surface area (Å²) in [4.78, 5) is 28.1. The third kappa shape index (κ3) is 6.72. The number of amides is 2. The minimum atomic E-state index is -3.31. The van der Waals surface area contributed by atoms with Gasteiger partial charge < -0.3 is 15.0 Å². The van der Waals surface area contributed by atoms with E-state index >= 15 is 0 Å². The summed E-state index contributed by atoms with van der Waals surface area (Å²) in [5.41, 5.74) is 1.78. The van der Waals surface area contributed by atoms with Gasteiger partial charge in [-0.2, -0.15) is 0 Å². The molecule has 1 spiro atoms. The van der Waals surface area contributed by atoms with Crippen molar-refractivity contribution in [2.24, 2.45) is 0 Å². The quantitative estimate of drug-likeness (QED) is 0.321. The summed E-state index contributed by atoms with van der Waals surface area (Å²) in [7, 11) is -3.31. The molecule has 222 valence electrons. The Morgan fingerprint density at radius 3 is 2.45 bits per heavy atom. The molecule has 2 aliphatic heterocycles. The second-order valence-electron chi connectivity index (χ2n) is 10.7. The minimum absolute atomic E-state index is 0.203. The first-order valence-corrected chi connectivity index (χ1v) is 16.1. The molecule has 1 atom stereocenters. The molecule has 42 heavy (non-hydrogen) atoms. The summed E-state index contributed by atoms with van der Waals surface area (Å²) in [6.07, 6.45) is 2.06. The molecule has 0 bridgehead atoms. The van der Waals surface area contributed by atoms with Gasteiger partial charge >= 0.3 is 6.09 Å². The van der Waals surface area contributed by atoms with Crippen molar-refractivity contribution in [2.45, 2.75) is 42.2 Å². The summed E-state index contributed by atoms with van der Waals surface area (Å²) in [6, 6.07) is 15.8. The maximum atomic E-state index is 14.1. The zero-order valence-corrected chi connectivity index (χ0v) is 25.2. The zero-order valence-electron chi connectivity index (χ0n) is 22.8. The van der Waals surface area contributed by atoms with Crippen molar-refractivity contribution in [3.8, 4) is 0 Å². The number of piperidine rings is 1. The highest BCUT2D eigenvalue weighted by atomic mass is 35.5. The van der Waals surface area contributed by atoms with Crippen LogP contribution in [0.25, 0.3) is 0 Å². The van der Waals surface area contributed by atoms with Crippen LogP contribution < -0.4 is 10.6 Å². The molecule has 0 aliphatic carbocycles. The van der Waals surface area contributed by atoms with Crippen LogP contribution in [-0.4, -0.2) is 51.2 Å². The Morgan fingerprint density at radius 2 is 1.79 bits per heavy atom. The fourth-order valence-corrected chi connectivity index (χ4v) is 6.47. The topological polar surface area (TPSA) is 105 Å². The van der Waals surface area contributed by atoms with Gasteiger partial charge in [0.1, 0.15) is 11.4 Å². The Labute approximate surface area is 254 Å². The second-order valence-corrected chi connectivity index (χ2v) is 13.5. The number of anilines is 1. The van der Waals surface area contributed by atoms with Crippen molar-refractivity contribution in [2.75, 3.05) is 31.2 Å². The molecule has 2 aliphatic rings. The number of nitrogens with one attached hydrogen (secondary N) is 2. The Hall–Kier alpha value is -3.18. The maximum absolute atomic E-state index is 14.1. The van der Waals surface area contributed by atoms with Crippen molar-refractivity contribution >= 4 is 50.7 Å². The molecule has 2 N–H and O–H groups in total. The van der Waals surface area contributed by atoms with E-state index in [0.717, 1.165) is 17.4 Å². The summed E-state index contributed by atoms with van der Waals surface area (Å²) in [5.74, 6) is -1.12. The number of hydrogen-bond donors (Lipinski definition) is 2. The third-order valence-electron chi connectivity index (χ3n) is 7.88. The molecule has 2 heterocycles. The number of fused-ring (bicyclic) bond motifs is 2. The van der Waals surface area contributed by atoms with Crippen LogP contribution in [0.4, 0.5) is 14.9 Å². The number of sulfone groups is 1. The van der Waals surface area contributed by atoms with Gasteiger partial charge in [-0.05, 0) is 66.6 Å². The van der Waals surface area contributed by atoms with E-state index in [-0.39, 0.29) is 17.3 Å². The van der Waals surface area contributed by atoms with Crippen molar-refractivity contribution in [3.05, 3.63) is 93.2 Å². The lowest BCUT2D eigenvalue weighted by Crippen LogP contribution is -2.48. The summed E-state index contributed by atoms with van der Waals surface area (Å²) >= 11 is 12.4. The van der Waals surface area contributed by atoms with Gasteiger partial charge in [0, 0.05) is 44.3 Å². The van der Waals surface area contributed by atoms with Crippen LogP contribution in [0.3, 0.4) is 0 Å². The molecule has 0 saturated carbocycles. The number of rotatable bonds is 8. The lowest BCUT2D eigenvalue weighted by molar-refractivity contribution is -0.123. The van der Waals surface area contributed by atoms with E-state index in [1.807, 2.05) is 0 Å². The molecule has 12 heteroatoms. The van der Waals surface area contributed by atoms with Crippen LogP contribution in [0.1, 0.15) is 41.9 Å². The molecule has 1 saturated heterocycles. The van der Waals surface area contributed by atoms with Gasteiger partial charge in [-0.25, -0.2) is 17.6 Å². The number of ether oxygens (including phenoxy) is 1. The smallest absolute Gasteiger partial charge is 0.412 e. The molecule has 2 amide bonds. The Morgan fingerprint density at radius 1 is 1.07 bits per heavy atom. The Bertz CT molecular complexity index is 1610. The van der Waals surface area contributed by atoms with Crippen LogP contribution in [0.15, 0.2) is 65.6 Å². The molecule has 1 fully saturated rings. The molecule has 0 radical (unpaired) electrons. The van der Waals surface area contributed by atoms with Crippen LogP contribution in [-0.2, 0) is 31.5 Å². The highest BCUT2D eigenvalue weighted by Gasteiger charge is 2.44. The van der Waals surface area contributed by atoms with Crippen molar-refractivity contribution in [3.63, 3.8) is 0 Å². The van der Waals surface area contributed by atoms with Gasteiger partial charge in [0.15, 0.2) is 9.84 Å². The molecule has 3 aromatic rings. The number of likely N-dealkylation sites (tertiary alicyclic amines) is 1. The highest BCUT2D eigenvalue weighted by Crippen LogP contribution is 2.44. The fraction of sp³-hybridized carbons (Fsp3) is 0.333. The average Bonchev–Trinajstić information content (AvgIpc) is 2.95. The normalized spacial score (nSPS) is 17.2. The van der Waals surface area contributed by atoms with Crippen LogP contribution in [0.2, 0.25) is 10.0 Å². The average molecular weight is 635 g/mol. The zero-order chi connectivity index (χ0) is 30.1. The molecular weight excluding hydrogens is 604 g/mol. The molecule has 5 rings (SSSR count). The standard InChI is InChI=1S/C30H30Cl2FN3O5S/c1-42(39,40)22-6-2-19(3-7-22)18-34-28(37)23(20-4-8-25(31)26(32)16-20)10-13-36-14-11-30(12-15-36)24-17-21(33)5-9-27(24)35-29(38)41-30/h2-9,16-17,23H,10-15,18H2,1H3,(H,34,37)(H,35,38). The van der Waals surface area contributed by atoms with Gasteiger partial charge in [-0.3, -0.25) is 10.1 Å². The summed E-state index contributed by atoms with van der Waals surface area (Å²) < 4.78 is 43.3. The van der Waals surface area contributed by atoms with E-state index in [9.17, 15) is 22.4 Å². The number of nitrogens with zero attached hydrogens (tertiary/aromatic N) is 1. The monoisotopic (exact) mass is 633 g/mol. The summed E-state index contributed by atoms with van der Waals surface area (Å²) in [5, 5.41) is 6.35. The van der Waals surface area contributed by atoms with Gasteiger partial charge in [-0.15, -0.1) is 0 Å². The van der Waals surface area contributed by atoms with Crippen molar-refractivity contribution < 1.29 is 27.1 Å². The largest absolute Gasteiger partial charge is 0.438 e. The van der Waals surface area contributed by atoms with E-state index in [1.165, 1.54) is 24.3 Å². The fourth-order valence-electron chi connectivity index (χ4n) is 5.54. The first-order chi connectivity index (χ1) is 19.9. The molecular formula is C30H30Cl2FN3O5S. The number of hydrogen-bond acceptors (Lipinski definition) is 6. The van der Waals surface area contributed by atoms with Gasteiger partial charge in [0.25, 0.3) is 0 Å². The van der Waals surface area contributed by atoms with Crippen LogP contribution >= 0.6 is 23.2 Å². The first kappa shape index (κ1) is 30.3. The maximum Gasteiger partial charge on any atom is 0.412 e. The SMILES string of the molecule is CS(=O)(=O)c1ccc(CNC(=O)C(CCN2CCC3(CC2)OC(=O)Nc2ccc(F)cc23)c2ccc(Cl)c(Cl)c2)cc1. The second kappa shape index (κ2) is 12.2. The third-order valence-corrected chi connectivity index (χ3v) is 9.74. The van der Waals surface area contributed by atoms with Gasteiger partial charge in [0.05, 0.1) is 26.5 Å². The number of halogens is 3. The van der Waals surface area contributed by atoms with E-state index in [2.05, 4.69) is 15.5 Å².